The van der Waals surface area contributed by atoms with Crippen molar-refractivity contribution in [2.45, 2.75) is 25.3 Å². The number of ether oxygens (including phenoxy) is 1. The second kappa shape index (κ2) is 7.02. The number of rotatable bonds is 5. The number of methoxy groups -OCH3 is 1. The summed E-state index contributed by atoms with van der Waals surface area (Å²) < 4.78 is 4.89. The highest BCUT2D eigenvalue weighted by Gasteiger charge is 2.39. The molecule has 3 unspecified atom stereocenters. The monoisotopic (exact) mass is 297 g/mol. The van der Waals surface area contributed by atoms with Gasteiger partial charge in [0.15, 0.2) is 0 Å². The first kappa shape index (κ1) is 15.2. The molecule has 0 aromatic carbocycles. The van der Waals surface area contributed by atoms with Gasteiger partial charge in [0.1, 0.15) is 5.15 Å². The number of nitrogens with one attached hydrogen (secondary N) is 2. The summed E-state index contributed by atoms with van der Waals surface area (Å²) in [6.07, 6.45) is 4.37. The van der Waals surface area contributed by atoms with Crippen LogP contribution >= 0.6 is 11.6 Å². The van der Waals surface area contributed by atoms with Crippen molar-refractivity contribution in [3.05, 3.63) is 29.0 Å². The average Bonchev–Trinajstić information content (AvgIpc) is 2.81. The lowest BCUT2D eigenvalue weighted by molar-refractivity contribution is -0.146. The molecule has 0 spiro atoms. The molecule has 1 aliphatic rings. The molecule has 6 heteroatoms. The summed E-state index contributed by atoms with van der Waals surface area (Å²) in [6.45, 7) is 0. The SMILES string of the molecule is CNNC1CC(Cc2ccnc(Cl)c2)CC1C(=O)OC. The number of halogens is 1. The van der Waals surface area contributed by atoms with Gasteiger partial charge >= 0.3 is 5.97 Å². The van der Waals surface area contributed by atoms with E-state index in [1.807, 2.05) is 19.2 Å². The number of carbonyl (C=O) groups excluding carboxylic acids is 1. The Labute approximate surface area is 124 Å². The number of hydrogen-bond donors (Lipinski definition) is 2. The molecule has 1 aromatic rings. The van der Waals surface area contributed by atoms with E-state index in [0.29, 0.717) is 11.1 Å². The van der Waals surface area contributed by atoms with Gasteiger partial charge in [-0.05, 0) is 49.9 Å². The van der Waals surface area contributed by atoms with Gasteiger partial charge in [0, 0.05) is 12.2 Å². The molecule has 0 bridgehead atoms. The van der Waals surface area contributed by atoms with Crippen molar-refractivity contribution in [3.8, 4) is 0 Å². The quantitative estimate of drug-likeness (QED) is 0.491. The molecule has 2 N–H and O–H groups in total. The molecule has 0 saturated heterocycles. The first-order valence-electron chi connectivity index (χ1n) is 6.74. The van der Waals surface area contributed by atoms with E-state index in [4.69, 9.17) is 16.3 Å². The highest BCUT2D eigenvalue weighted by molar-refractivity contribution is 6.29. The molecule has 1 aliphatic carbocycles. The Kier molecular flexibility index (Phi) is 5.34. The zero-order valence-corrected chi connectivity index (χ0v) is 12.5. The summed E-state index contributed by atoms with van der Waals surface area (Å²) >= 11 is 5.90. The van der Waals surface area contributed by atoms with E-state index in [0.717, 1.165) is 24.8 Å². The fourth-order valence-corrected chi connectivity index (χ4v) is 3.17. The van der Waals surface area contributed by atoms with Crippen molar-refractivity contribution in [2.75, 3.05) is 14.2 Å². The number of aromatic nitrogens is 1. The Morgan fingerprint density at radius 1 is 1.55 bits per heavy atom. The Balaban J connectivity index is 2.02. The topological polar surface area (TPSA) is 63.2 Å². The fourth-order valence-electron chi connectivity index (χ4n) is 2.97. The summed E-state index contributed by atoms with van der Waals surface area (Å²) in [5.74, 6) is 0.186. The van der Waals surface area contributed by atoms with Crippen LogP contribution in [0, 0.1) is 11.8 Å². The minimum Gasteiger partial charge on any atom is -0.469 e. The first-order valence-corrected chi connectivity index (χ1v) is 7.12. The van der Waals surface area contributed by atoms with Crippen LogP contribution in [0.4, 0.5) is 0 Å². The summed E-state index contributed by atoms with van der Waals surface area (Å²) in [7, 11) is 3.25. The Morgan fingerprint density at radius 3 is 3.00 bits per heavy atom. The van der Waals surface area contributed by atoms with Crippen LogP contribution in [0.2, 0.25) is 5.15 Å². The Bertz CT molecular complexity index is 469. The molecular formula is C14H20ClN3O2. The standard InChI is InChI=1S/C14H20ClN3O2/c1-16-18-12-7-10(6-11(12)14(19)20-2)5-9-3-4-17-13(15)8-9/h3-4,8,10-12,16,18H,5-7H2,1-2H3. The van der Waals surface area contributed by atoms with Gasteiger partial charge in [-0.1, -0.05) is 11.6 Å². The molecule has 3 atom stereocenters. The molecular weight excluding hydrogens is 278 g/mol. The molecule has 110 valence electrons. The number of hydrogen-bond acceptors (Lipinski definition) is 5. The normalized spacial score (nSPS) is 25.6. The summed E-state index contributed by atoms with van der Waals surface area (Å²) in [5.41, 5.74) is 7.23. The van der Waals surface area contributed by atoms with Crippen LogP contribution in [0.25, 0.3) is 0 Å². The maximum absolute atomic E-state index is 11.8. The van der Waals surface area contributed by atoms with E-state index in [9.17, 15) is 4.79 Å². The maximum atomic E-state index is 11.8. The highest BCUT2D eigenvalue weighted by atomic mass is 35.5. The Morgan fingerprint density at radius 2 is 2.35 bits per heavy atom. The van der Waals surface area contributed by atoms with Gasteiger partial charge in [0.05, 0.1) is 13.0 Å². The number of hydrazine groups is 1. The number of carbonyl (C=O) groups is 1. The van der Waals surface area contributed by atoms with E-state index < -0.39 is 0 Å². The third-order valence-electron chi connectivity index (χ3n) is 3.81. The third kappa shape index (κ3) is 3.69. The van der Waals surface area contributed by atoms with Gasteiger partial charge in [-0.15, -0.1) is 0 Å². The lowest BCUT2D eigenvalue weighted by atomic mass is 9.97. The average molecular weight is 298 g/mol. The van der Waals surface area contributed by atoms with Crippen molar-refractivity contribution in [1.29, 1.82) is 0 Å². The molecule has 1 fully saturated rings. The van der Waals surface area contributed by atoms with E-state index >= 15 is 0 Å². The van der Waals surface area contributed by atoms with Crippen LogP contribution in [0.3, 0.4) is 0 Å². The minimum absolute atomic E-state index is 0.102. The van der Waals surface area contributed by atoms with Crippen molar-refractivity contribution in [2.24, 2.45) is 11.8 Å². The number of esters is 1. The number of nitrogens with zero attached hydrogens (tertiary/aromatic N) is 1. The van der Waals surface area contributed by atoms with Crippen molar-refractivity contribution in [1.82, 2.24) is 15.8 Å². The second-order valence-corrected chi connectivity index (χ2v) is 5.55. The molecule has 0 radical (unpaired) electrons. The summed E-state index contributed by atoms with van der Waals surface area (Å²) in [4.78, 5) is 15.8. The van der Waals surface area contributed by atoms with Crippen LogP contribution in [0.15, 0.2) is 18.3 Å². The number of pyridine rings is 1. The lowest BCUT2D eigenvalue weighted by Crippen LogP contribution is -2.43. The minimum atomic E-state index is -0.145. The van der Waals surface area contributed by atoms with Gasteiger partial charge in [-0.25, -0.2) is 4.98 Å². The smallest absolute Gasteiger partial charge is 0.310 e. The molecule has 1 saturated carbocycles. The van der Waals surface area contributed by atoms with Gasteiger partial charge in [-0.2, -0.15) is 0 Å². The Hall–Kier alpha value is -1.17. The van der Waals surface area contributed by atoms with Gasteiger partial charge in [-0.3, -0.25) is 15.6 Å². The predicted octanol–water partition coefficient (Wildman–Crippen LogP) is 1.57. The van der Waals surface area contributed by atoms with E-state index in [1.165, 1.54) is 7.11 Å². The van der Waals surface area contributed by atoms with Crippen molar-refractivity contribution < 1.29 is 9.53 Å². The van der Waals surface area contributed by atoms with E-state index in [-0.39, 0.29) is 17.9 Å². The second-order valence-electron chi connectivity index (χ2n) is 5.16. The predicted molar refractivity (Wildman–Crippen MR) is 77.2 cm³/mol. The largest absolute Gasteiger partial charge is 0.469 e. The third-order valence-corrected chi connectivity index (χ3v) is 4.02. The van der Waals surface area contributed by atoms with Crippen LogP contribution in [-0.4, -0.2) is 31.2 Å². The summed E-state index contributed by atoms with van der Waals surface area (Å²) in [6, 6.07) is 3.96. The van der Waals surface area contributed by atoms with Crippen molar-refractivity contribution in [3.63, 3.8) is 0 Å². The maximum Gasteiger partial charge on any atom is 0.310 e. The van der Waals surface area contributed by atoms with Gasteiger partial charge in [0.25, 0.3) is 0 Å². The van der Waals surface area contributed by atoms with Crippen LogP contribution in [-0.2, 0) is 16.0 Å². The van der Waals surface area contributed by atoms with Crippen LogP contribution in [0.5, 0.6) is 0 Å². The van der Waals surface area contributed by atoms with Crippen molar-refractivity contribution >= 4 is 17.6 Å². The molecule has 1 heterocycles. The van der Waals surface area contributed by atoms with E-state index in [2.05, 4.69) is 15.8 Å². The van der Waals surface area contributed by atoms with Crippen LogP contribution < -0.4 is 10.9 Å². The zero-order chi connectivity index (χ0) is 14.5. The lowest BCUT2D eigenvalue weighted by Gasteiger charge is -2.17. The van der Waals surface area contributed by atoms with Gasteiger partial charge < -0.3 is 4.74 Å². The molecule has 0 amide bonds. The molecule has 2 rings (SSSR count). The zero-order valence-electron chi connectivity index (χ0n) is 11.7. The first-order chi connectivity index (χ1) is 9.63. The molecule has 20 heavy (non-hydrogen) atoms. The van der Waals surface area contributed by atoms with E-state index in [1.54, 1.807) is 6.20 Å². The molecule has 1 aromatic heterocycles. The fraction of sp³-hybridized carbons (Fsp3) is 0.571. The van der Waals surface area contributed by atoms with Crippen LogP contribution in [0.1, 0.15) is 18.4 Å². The molecule has 5 nitrogen and oxygen atoms in total. The summed E-state index contributed by atoms with van der Waals surface area (Å²) in [5, 5.41) is 0.509. The molecule has 0 aliphatic heterocycles. The van der Waals surface area contributed by atoms with Gasteiger partial charge in [0.2, 0.25) is 0 Å². The highest BCUT2D eigenvalue weighted by Crippen LogP contribution is 2.34.